The van der Waals surface area contributed by atoms with Crippen LogP contribution in [0, 0.1) is 18.3 Å². The van der Waals surface area contributed by atoms with E-state index in [0.717, 1.165) is 11.5 Å². The number of nitrogens with one attached hydrogen (secondary N) is 1. The highest BCUT2D eigenvalue weighted by Gasteiger charge is 2.16. The molecule has 0 radical (unpaired) electrons. The zero-order chi connectivity index (χ0) is 9.84. The molecule has 0 aromatic rings. The molecule has 1 aliphatic rings. The predicted molar refractivity (Wildman–Crippen MR) is 58.3 cm³/mol. The first-order valence-electron chi connectivity index (χ1n) is 3.88. The second kappa shape index (κ2) is 4.06. The van der Waals surface area contributed by atoms with Gasteiger partial charge < -0.3 is 11.1 Å². The van der Waals surface area contributed by atoms with Crippen molar-refractivity contribution in [3.63, 3.8) is 0 Å². The van der Waals surface area contributed by atoms with Gasteiger partial charge in [-0.25, -0.2) is 0 Å². The highest BCUT2D eigenvalue weighted by Crippen LogP contribution is 2.10. The molecule has 0 fully saturated rings. The summed E-state index contributed by atoms with van der Waals surface area (Å²) in [6.07, 6.45) is 7.21. The van der Waals surface area contributed by atoms with Crippen molar-refractivity contribution in [2.24, 2.45) is 16.6 Å². The summed E-state index contributed by atoms with van der Waals surface area (Å²) in [6.45, 7) is 2.51. The Morgan fingerprint density at radius 3 is 3.08 bits per heavy atom. The number of nitrogens with two attached hydrogens (primary N) is 1. The van der Waals surface area contributed by atoms with Crippen LogP contribution in [0.2, 0.25) is 0 Å². The molecule has 1 atom stereocenters. The minimum absolute atomic E-state index is 0.305. The van der Waals surface area contributed by atoms with Gasteiger partial charge in [0.1, 0.15) is 5.92 Å². The van der Waals surface area contributed by atoms with Crippen molar-refractivity contribution in [3.05, 3.63) is 11.8 Å². The summed E-state index contributed by atoms with van der Waals surface area (Å²) in [5, 5.41) is 3.05. The quantitative estimate of drug-likeness (QED) is 0.494. The van der Waals surface area contributed by atoms with Crippen molar-refractivity contribution in [2.75, 3.05) is 6.54 Å². The van der Waals surface area contributed by atoms with Gasteiger partial charge in [-0.15, -0.1) is 6.42 Å². The van der Waals surface area contributed by atoms with Crippen LogP contribution in [0.25, 0.3) is 0 Å². The lowest BCUT2D eigenvalue weighted by Gasteiger charge is -2.18. The molecule has 1 rings (SSSR count). The molecule has 4 heteroatoms. The molecule has 68 valence electrons. The standard InChI is InChI=1S/C9H11N3S/c1-3-7(9(10)13)8-4-5-11-6(2)12-8/h1,4,7H,5H2,2H3,(H2,10,13)(H,11,12). The summed E-state index contributed by atoms with van der Waals surface area (Å²) < 4.78 is 0. The third-order valence-electron chi connectivity index (χ3n) is 1.73. The van der Waals surface area contributed by atoms with Crippen LogP contribution < -0.4 is 11.1 Å². The van der Waals surface area contributed by atoms with E-state index in [2.05, 4.69) is 16.2 Å². The molecule has 0 aromatic carbocycles. The van der Waals surface area contributed by atoms with Gasteiger partial charge >= 0.3 is 0 Å². The Morgan fingerprint density at radius 1 is 1.92 bits per heavy atom. The molecule has 0 saturated carbocycles. The normalized spacial score (nSPS) is 17.5. The number of hydrogen-bond acceptors (Lipinski definition) is 3. The Labute approximate surface area is 83.1 Å². The van der Waals surface area contributed by atoms with Gasteiger partial charge in [0.15, 0.2) is 0 Å². The molecule has 3 N–H and O–H groups in total. The number of terminal acetylenes is 1. The summed E-state index contributed by atoms with van der Waals surface area (Å²) in [5.74, 6) is 3.08. The third-order valence-corrected chi connectivity index (χ3v) is 1.96. The van der Waals surface area contributed by atoms with Gasteiger partial charge in [0.25, 0.3) is 0 Å². The molecular weight excluding hydrogens is 182 g/mol. The molecule has 0 aromatic heterocycles. The fraction of sp³-hybridized carbons (Fsp3) is 0.333. The maximum atomic E-state index is 5.49. The molecule has 13 heavy (non-hydrogen) atoms. The first-order chi connectivity index (χ1) is 6.15. The Morgan fingerprint density at radius 2 is 2.62 bits per heavy atom. The average Bonchev–Trinajstić information content (AvgIpc) is 2.04. The van der Waals surface area contributed by atoms with Crippen LogP contribution in [0.1, 0.15) is 6.92 Å². The van der Waals surface area contributed by atoms with Crippen LogP contribution in [0.3, 0.4) is 0 Å². The molecule has 0 spiro atoms. The Bertz CT molecular complexity index is 322. The SMILES string of the molecule is C#CC(C(N)=S)C1=CCN=C(C)N1. The van der Waals surface area contributed by atoms with E-state index in [1.165, 1.54) is 0 Å². The lowest BCUT2D eigenvalue weighted by Crippen LogP contribution is -2.33. The van der Waals surface area contributed by atoms with Gasteiger partial charge in [0.05, 0.1) is 17.4 Å². The van der Waals surface area contributed by atoms with Gasteiger partial charge in [0, 0.05) is 5.70 Å². The molecule has 1 unspecified atom stereocenters. The first-order valence-corrected chi connectivity index (χ1v) is 4.29. The molecule has 0 amide bonds. The number of amidine groups is 1. The minimum atomic E-state index is -0.305. The van der Waals surface area contributed by atoms with E-state index in [1.54, 1.807) is 0 Å². The summed E-state index contributed by atoms with van der Waals surface area (Å²) >= 11 is 4.85. The smallest absolute Gasteiger partial charge is 0.110 e. The Hall–Kier alpha value is -1.34. The van der Waals surface area contributed by atoms with E-state index in [0.29, 0.717) is 11.5 Å². The highest BCUT2D eigenvalue weighted by atomic mass is 32.1. The number of thiocarbonyl (C=S) groups is 1. The van der Waals surface area contributed by atoms with Gasteiger partial charge in [0.2, 0.25) is 0 Å². The van der Waals surface area contributed by atoms with Crippen molar-refractivity contribution in [2.45, 2.75) is 6.92 Å². The summed E-state index contributed by atoms with van der Waals surface area (Å²) in [6, 6.07) is 0. The van der Waals surface area contributed by atoms with Crippen LogP contribution in [0.5, 0.6) is 0 Å². The number of rotatable bonds is 2. The predicted octanol–water partition coefficient (Wildman–Crippen LogP) is 0.427. The topological polar surface area (TPSA) is 50.4 Å². The first kappa shape index (κ1) is 9.75. The number of hydrogen-bond donors (Lipinski definition) is 2. The van der Waals surface area contributed by atoms with Crippen LogP contribution in [0.4, 0.5) is 0 Å². The van der Waals surface area contributed by atoms with Crippen LogP contribution in [0.15, 0.2) is 16.8 Å². The van der Waals surface area contributed by atoms with E-state index < -0.39 is 0 Å². The molecule has 0 aliphatic carbocycles. The molecular formula is C9H11N3S. The van der Waals surface area contributed by atoms with Crippen molar-refractivity contribution >= 4 is 23.0 Å². The largest absolute Gasteiger partial charge is 0.392 e. The van der Waals surface area contributed by atoms with Crippen molar-refractivity contribution in [1.82, 2.24) is 5.32 Å². The van der Waals surface area contributed by atoms with Gasteiger partial charge in [-0.2, -0.15) is 0 Å². The maximum absolute atomic E-state index is 5.49. The van der Waals surface area contributed by atoms with Crippen LogP contribution in [-0.4, -0.2) is 17.4 Å². The fourth-order valence-electron chi connectivity index (χ4n) is 1.10. The zero-order valence-corrected chi connectivity index (χ0v) is 8.19. The lowest BCUT2D eigenvalue weighted by atomic mass is 10.1. The van der Waals surface area contributed by atoms with Gasteiger partial charge in [-0.05, 0) is 13.0 Å². The molecule has 1 aliphatic heterocycles. The van der Waals surface area contributed by atoms with E-state index in [4.69, 9.17) is 24.4 Å². The Balaban J connectivity index is 2.78. The highest BCUT2D eigenvalue weighted by molar-refractivity contribution is 7.80. The van der Waals surface area contributed by atoms with Crippen molar-refractivity contribution < 1.29 is 0 Å². The zero-order valence-electron chi connectivity index (χ0n) is 7.37. The maximum Gasteiger partial charge on any atom is 0.110 e. The fourth-order valence-corrected chi connectivity index (χ4v) is 1.29. The van der Waals surface area contributed by atoms with Gasteiger partial charge in [-0.3, -0.25) is 4.99 Å². The number of aliphatic imine (C=N–C) groups is 1. The lowest BCUT2D eigenvalue weighted by molar-refractivity contribution is 0.900. The monoisotopic (exact) mass is 193 g/mol. The van der Waals surface area contributed by atoms with E-state index in [-0.39, 0.29) is 5.92 Å². The molecule has 0 saturated heterocycles. The Kier molecular flexibility index (Phi) is 3.04. The van der Waals surface area contributed by atoms with Crippen LogP contribution >= 0.6 is 12.2 Å². The summed E-state index contributed by atoms with van der Waals surface area (Å²) in [5.41, 5.74) is 6.36. The molecule has 3 nitrogen and oxygen atoms in total. The average molecular weight is 193 g/mol. The minimum Gasteiger partial charge on any atom is -0.392 e. The number of nitrogens with zero attached hydrogens (tertiary/aromatic N) is 1. The second-order valence-electron chi connectivity index (χ2n) is 2.71. The summed E-state index contributed by atoms with van der Waals surface area (Å²) in [7, 11) is 0. The van der Waals surface area contributed by atoms with E-state index in [9.17, 15) is 0 Å². The molecule has 1 heterocycles. The van der Waals surface area contributed by atoms with E-state index in [1.807, 2.05) is 13.0 Å². The van der Waals surface area contributed by atoms with Gasteiger partial charge in [-0.1, -0.05) is 18.1 Å². The molecule has 0 bridgehead atoms. The summed E-state index contributed by atoms with van der Waals surface area (Å²) in [4.78, 5) is 4.45. The van der Waals surface area contributed by atoms with E-state index >= 15 is 0 Å². The van der Waals surface area contributed by atoms with Crippen molar-refractivity contribution in [3.8, 4) is 12.3 Å². The van der Waals surface area contributed by atoms with Crippen molar-refractivity contribution in [1.29, 1.82) is 0 Å². The van der Waals surface area contributed by atoms with Crippen LogP contribution in [-0.2, 0) is 0 Å². The third kappa shape index (κ3) is 2.30. The second-order valence-corrected chi connectivity index (χ2v) is 3.18.